The number of halogens is 2. The number of hydrogen-bond donors (Lipinski definition) is 2. The minimum Gasteiger partial charge on any atom is -0.321 e. The fourth-order valence-electron chi connectivity index (χ4n) is 3.31. The molecule has 0 fully saturated rings. The number of hydrogen-bond acceptors (Lipinski definition) is 2. The standard InChI is InChI=1S/C20H14F2N2O2/c1-9-3-5-11(21)7-13(9)17-15-16(20(26)23-17)18(24-19(15)25)14-8-12(22)6-4-10(14)2/h3-8H,1-2H3,(H,23,26)(H,24,25). The summed E-state index contributed by atoms with van der Waals surface area (Å²) in [6.07, 6.45) is 0. The van der Waals surface area contributed by atoms with Crippen molar-refractivity contribution in [2.45, 2.75) is 13.8 Å². The van der Waals surface area contributed by atoms with E-state index in [4.69, 9.17) is 0 Å². The van der Waals surface area contributed by atoms with Gasteiger partial charge in [0.2, 0.25) is 0 Å². The predicted molar refractivity (Wildman–Crippen MR) is 92.4 cm³/mol. The van der Waals surface area contributed by atoms with Crippen LogP contribution in [-0.4, -0.2) is 11.8 Å². The van der Waals surface area contributed by atoms with E-state index in [-0.39, 0.29) is 22.5 Å². The maximum Gasteiger partial charge on any atom is 0.258 e. The van der Waals surface area contributed by atoms with Crippen molar-refractivity contribution in [3.05, 3.63) is 81.4 Å². The molecule has 2 heterocycles. The fraction of sp³-hybridized carbons (Fsp3) is 0.100. The van der Waals surface area contributed by atoms with Crippen LogP contribution in [0.5, 0.6) is 0 Å². The first-order valence-corrected chi connectivity index (χ1v) is 8.01. The Hall–Kier alpha value is -3.28. The van der Waals surface area contributed by atoms with Crippen LogP contribution in [0.3, 0.4) is 0 Å². The Labute approximate surface area is 148 Å². The Morgan fingerprint density at radius 3 is 1.46 bits per heavy atom. The van der Waals surface area contributed by atoms with Crippen LogP contribution >= 0.6 is 0 Å². The molecular weight excluding hydrogens is 338 g/mol. The number of fused-ring (bicyclic) bond motifs is 1. The van der Waals surface area contributed by atoms with Gasteiger partial charge in [-0.1, -0.05) is 12.1 Å². The number of aryl methyl sites for hydroxylation is 2. The predicted octanol–water partition coefficient (Wildman–Crippen LogP) is 2.96. The average Bonchev–Trinajstić information content (AvgIpc) is 3.11. The van der Waals surface area contributed by atoms with Gasteiger partial charge in [-0.25, -0.2) is 8.78 Å². The third-order valence-corrected chi connectivity index (χ3v) is 4.62. The second-order valence-electron chi connectivity index (χ2n) is 6.33. The summed E-state index contributed by atoms with van der Waals surface area (Å²) in [5, 5.41) is 5.33. The van der Waals surface area contributed by atoms with Gasteiger partial charge in [0.25, 0.3) is 11.8 Å². The first-order chi connectivity index (χ1) is 12.4. The summed E-state index contributed by atoms with van der Waals surface area (Å²) in [4.78, 5) is 25.1. The molecule has 0 saturated heterocycles. The summed E-state index contributed by atoms with van der Waals surface area (Å²) >= 11 is 0. The zero-order chi connectivity index (χ0) is 18.6. The number of carbonyl (C=O) groups is 2. The Balaban J connectivity index is 1.97. The molecule has 26 heavy (non-hydrogen) atoms. The highest BCUT2D eigenvalue weighted by Crippen LogP contribution is 2.38. The Morgan fingerprint density at radius 1 is 0.692 bits per heavy atom. The summed E-state index contributed by atoms with van der Waals surface area (Å²) in [5.41, 5.74) is 3.17. The smallest absolute Gasteiger partial charge is 0.258 e. The molecule has 4 rings (SSSR count). The quantitative estimate of drug-likeness (QED) is 0.873. The minimum absolute atomic E-state index is 0.155. The Bertz CT molecular complexity index is 982. The zero-order valence-electron chi connectivity index (χ0n) is 14.0. The summed E-state index contributed by atoms with van der Waals surface area (Å²) in [6, 6.07) is 8.34. The van der Waals surface area contributed by atoms with Gasteiger partial charge in [-0.05, 0) is 49.2 Å². The third-order valence-electron chi connectivity index (χ3n) is 4.62. The van der Waals surface area contributed by atoms with Crippen LogP contribution in [0.15, 0.2) is 47.5 Å². The van der Waals surface area contributed by atoms with Gasteiger partial charge >= 0.3 is 0 Å². The second-order valence-corrected chi connectivity index (χ2v) is 6.33. The highest BCUT2D eigenvalue weighted by molar-refractivity contribution is 6.30. The van der Waals surface area contributed by atoms with Gasteiger partial charge in [-0.15, -0.1) is 0 Å². The molecular formula is C20H14F2N2O2. The van der Waals surface area contributed by atoms with Crippen LogP contribution in [0.2, 0.25) is 0 Å². The van der Waals surface area contributed by atoms with Gasteiger partial charge in [-0.3, -0.25) is 9.59 Å². The molecule has 2 aliphatic heterocycles. The minimum atomic E-state index is -0.476. The molecule has 0 bridgehead atoms. The van der Waals surface area contributed by atoms with E-state index >= 15 is 0 Å². The lowest BCUT2D eigenvalue weighted by Gasteiger charge is -2.10. The molecule has 6 heteroatoms. The summed E-state index contributed by atoms with van der Waals surface area (Å²) in [7, 11) is 0. The molecule has 2 aromatic carbocycles. The van der Waals surface area contributed by atoms with Crippen molar-refractivity contribution in [2.24, 2.45) is 0 Å². The summed E-state index contributed by atoms with van der Waals surface area (Å²) in [6.45, 7) is 3.53. The second kappa shape index (κ2) is 5.62. The lowest BCUT2D eigenvalue weighted by atomic mass is 9.98. The van der Waals surface area contributed by atoms with Crippen LogP contribution in [0.4, 0.5) is 8.78 Å². The van der Waals surface area contributed by atoms with Crippen LogP contribution < -0.4 is 10.6 Å². The van der Waals surface area contributed by atoms with E-state index in [1.54, 1.807) is 26.0 Å². The van der Waals surface area contributed by atoms with E-state index in [0.29, 0.717) is 11.1 Å². The lowest BCUT2D eigenvalue weighted by Crippen LogP contribution is -2.22. The van der Waals surface area contributed by atoms with Crippen LogP contribution in [-0.2, 0) is 9.59 Å². The van der Waals surface area contributed by atoms with Gasteiger partial charge in [-0.2, -0.15) is 0 Å². The maximum atomic E-state index is 13.7. The zero-order valence-corrected chi connectivity index (χ0v) is 14.0. The summed E-state index contributed by atoms with van der Waals surface area (Å²) in [5.74, 6) is -1.89. The fourth-order valence-corrected chi connectivity index (χ4v) is 3.31. The van der Waals surface area contributed by atoms with Crippen LogP contribution in [0.25, 0.3) is 11.4 Å². The molecule has 2 N–H and O–H groups in total. The van der Waals surface area contributed by atoms with Crippen molar-refractivity contribution < 1.29 is 18.4 Å². The molecule has 0 aliphatic carbocycles. The van der Waals surface area contributed by atoms with Gasteiger partial charge in [0.05, 0.1) is 22.5 Å². The first-order valence-electron chi connectivity index (χ1n) is 8.01. The highest BCUT2D eigenvalue weighted by Gasteiger charge is 2.41. The number of rotatable bonds is 2. The molecule has 0 radical (unpaired) electrons. The van der Waals surface area contributed by atoms with Crippen molar-refractivity contribution in [3.63, 3.8) is 0 Å². The molecule has 0 aromatic heterocycles. The van der Waals surface area contributed by atoms with Crippen molar-refractivity contribution >= 4 is 23.2 Å². The van der Waals surface area contributed by atoms with Gasteiger partial charge in [0.1, 0.15) is 11.6 Å². The number of nitrogens with one attached hydrogen (secondary N) is 2. The van der Waals surface area contributed by atoms with Gasteiger partial charge in [0, 0.05) is 11.1 Å². The maximum absolute atomic E-state index is 13.7. The molecule has 2 aliphatic rings. The van der Waals surface area contributed by atoms with Crippen molar-refractivity contribution in [1.82, 2.24) is 10.6 Å². The van der Waals surface area contributed by atoms with Gasteiger partial charge in [0.15, 0.2) is 0 Å². The molecule has 0 saturated carbocycles. The monoisotopic (exact) mass is 352 g/mol. The Morgan fingerprint density at radius 2 is 1.08 bits per heavy atom. The van der Waals surface area contributed by atoms with E-state index in [2.05, 4.69) is 10.6 Å². The Kier molecular flexibility index (Phi) is 3.50. The average molecular weight is 352 g/mol. The van der Waals surface area contributed by atoms with E-state index < -0.39 is 23.4 Å². The van der Waals surface area contributed by atoms with Crippen LogP contribution in [0, 0.1) is 25.5 Å². The van der Waals surface area contributed by atoms with Gasteiger partial charge < -0.3 is 10.6 Å². The molecule has 0 spiro atoms. The first kappa shape index (κ1) is 16.2. The normalized spacial score (nSPS) is 16.2. The number of benzene rings is 2. The van der Waals surface area contributed by atoms with Crippen molar-refractivity contribution in [3.8, 4) is 0 Å². The molecule has 4 nitrogen and oxygen atoms in total. The van der Waals surface area contributed by atoms with E-state index in [9.17, 15) is 18.4 Å². The molecule has 0 atom stereocenters. The molecule has 0 unspecified atom stereocenters. The van der Waals surface area contributed by atoms with E-state index in [1.165, 1.54) is 24.3 Å². The number of amides is 2. The molecule has 2 amide bonds. The molecule has 2 aromatic rings. The third kappa shape index (κ3) is 2.34. The van der Waals surface area contributed by atoms with Crippen molar-refractivity contribution in [2.75, 3.05) is 0 Å². The number of carbonyl (C=O) groups excluding carboxylic acids is 2. The highest BCUT2D eigenvalue weighted by atomic mass is 19.1. The lowest BCUT2D eigenvalue weighted by molar-refractivity contribution is -0.117. The largest absolute Gasteiger partial charge is 0.321 e. The SMILES string of the molecule is Cc1ccc(F)cc1C1=C2C(=O)NC(c3cc(F)ccc3C)=C2C(=O)N1. The topological polar surface area (TPSA) is 58.2 Å². The van der Waals surface area contributed by atoms with E-state index in [0.717, 1.165) is 11.1 Å². The van der Waals surface area contributed by atoms with Crippen molar-refractivity contribution in [1.29, 1.82) is 0 Å². The van der Waals surface area contributed by atoms with E-state index in [1.807, 2.05) is 0 Å². The molecule has 130 valence electrons. The van der Waals surface area contributed by atoms with Crippen LogP contribution in [0.1, 0.15) is 22.3 Å². The summed E-state index contributed by atoms with van der Waals surface area (Å²) < 4.78 is 27.4.